The minimum atomic E-state index is -0.373. The van der Waals surface area contributed by atoms with Crippen LogP contribution in [0.2, 0.25) is 5.02 Å². The molecular formula is C12H18ClFN2. The van der Waals surface area contributed by atoms with E-state index in [4.69, 9.17) is 17.3 Å². The lowest BCUT2D eigenvalue weighted by atomic mass is 10.0. The monoisotopic (exact) mass is 244 g/mol. The van der Waals surface area contributed by atoms with Crippen LogP contribution in [0.1, 0.15) is 24.4 Å². The highest BCUT2D eigenvalue weighted by molar-refractivity contribution is 6.30. The van der Waals surface area contributed by atoms with Gasteiger partial charge in [-0.1, -0.05) is 17.7 Å². The molecule has 0 bridgehead atoms. The van der Waals surface area contributed by atoms with Crippen LogP contribution in [0.3, 0.4) is 0 Å². The molecule has 0 heterocycles. The van der Waals surface area contributed by atoms with Gasteiger partial charge in [-0.05, 0) is 51.2 Å². The molecule has 2 nitrogen and oxygen atoms in total. The molecule has 0 amide bonds. The van der Waals surface area contributed by atoms with Gasteiger partial charge in [0.2, 0.25) is 0 Å². The summed E-state index contributed by atoms with van der Waals surface area (Å²) >= 11 is 5.78. The molecule has 0 aromatic heterocycles. The molecule has 0 saturated carbocycles. The lowest BCUT2D eigenvalue weighted by Gasteiger charge is -2.24. The van der Waals surface area contributed by atoms with E-state index < -0.39 is 0 Å². The molecule has 1 aromatic rings. The molecule has 1 aromatic carbocycles. The van der Waals surface area contributed by atoms with Crippen LogP contribution < -0.4 is 5.73 Å². The van der Waals surface area contributed by atoms with Crippen LogP contribution in [0.5, 0.6) is 0 Å². The maximum absolute atomic E-state index is 13.0. The molecule has 0 aliphatic carbocycles. The van der Waals surface area contributed by atoms with Crippen molar-refractivity contribution in [3.8, 4) is 0 Å². The van der Waals surface area contributed by atoms with Crippen molar-refractivity contribution in [1.82, 2.24) is 4.90 Å². The van der Waals surface area contributed by atoms with Gasteiger partial charge < -0.3 is 10.6 Å². The summed E-state index contributed by atoms with van der Waals surface area (Å²) in [6.07, 6.45) is 1.89. The third-order valence-corrected chi connectivity index (χ3v) is 2.92. The van der Waals surface area contributed by atoms with Gasteiger partial charge in [-0.2, -0.15) is 0 Å². The first-order chi connectivity index (χ1) is 7.56. The summed E-state index contributed by atoms with van der Waals surface area (Å²) in [7, 11) is 4.00. The highest BCUT2D eigenvalue weighted by Gasteiger charge is 2.14. The fraction of sp³-hybridized carbons (Fsp3) is 0.500. The molecule has 90 valence electrons. The number of nitrogens with two attached hydrogens (primary N) is 1. The normalized spacial score (nSPS) is 13.1. The van der Waals surface area contributed by atoms with Crippen molar-refractivity contribution in [3.63, 3.8) is 0 Å². The van der Waals surface area contributed by atoms with Gasteiger partial charge in [0, 0.05) is 6.04 Å². The number of benzene rings is 1. The predicted octanol–water partition coefficient (Wildman–Crippen LogP) is 2.82. The SMILES string of the molecule is CN(C)C(CCCN)c1ccc(F)c(Cl)c1. The molecule has 0 spiro atoms. The first-order valence-electron chi connectivity index (χ1n) is 5.37. The predicted molar refractivity (Wildman–Crippen MR) is 66.1 cm³/mol. The summed E-state index contributed by atoms with van der Waals surface area (Å²) in [5.74, 6) is -0.373. The van der Waals surface area contributed by atoms with E-state index in [0.29, 0.717) is 6.54 Å². The summed E-state index contributed by atoms with van der Waals surface area (Å²) in [5.41, 5.74) is 6.54. The fourth-order valence-corrected chi connectivity index (χ4v) is 1.94. The summed E-state index contributed by atoms with van der Waals surface area (Å²) < 4.78 is 13.0. The van der Waals surface area contributed by atoms with E-state index in [1.54, 1.807) is 12.1 Å². The van der Waals surface area contributed by atoms with Crippen LogP contribution in [0.25, 0.3) is 0 Å². The molecule has 0 aliphatic rings. The standard InChI is InChI=1S/C12H18ClFN2/c1-16(2)12(4-3-7-15)9-5-6-11(14)10(13)8-9/h5-6,8,12H,3-4,7,15H2,1-2H3. The second-order valence-electron chi connectivity index (χ2n) is 4.08. The molecule has 1 unspecified atom stereocenters. The minimum Gasteiger partial charge on any atom is -0.330 e. The quantitative estimate of drug-likeness (QED) is 0.863. The zero-order valence-corrected chi connectivity index (χ0v) is 10.5. The molecule has 1 rings (SSSR count). The Kier molecular flexibility index (Phi) is 5.19. The number of rotatable bonds is 5. The number of halogens is 2. The van der Waals surface area contributed by atoms with Crippen LogP contribution >= 0.6 is 11.6 Å². The van der Waals surface area contributed by atoms with Crippen molar-refractivity contribution < 1.29 is 4.39 Å². The van der Waals surface area contributed by atoms with Crippen molar-refractivity contribution in [3.05, 3.63) is 34.6 Å². The van der Waals surface area contributed by atoms with E-state index in [0.717, 1.165) is 18.4 Å². The van der Waals surface area contributed by atoms with Gasteiger partial charge in [0.25, 0.3) is 0 Å². The smallest absolute Gasteiger partial charge is 0.141 e. The lowest BCUT2D eigenvalue weighted by molar-refractivity contribution is 0.280. The van der Waals surface area contributed by atoms with Gasteiger partial charge in [0.1, 0.15) is 5.82 Å². The van der Waals surface area contributed by atoms with Crippen LogP contribution in [0.4, 0.5) is 4.39 Å². The van der Waals surface area contributed by atoms with Gasteiger partial charge in [0.15, 0.2) is 0 Å². The van der Waals surface area contributed by atoms with E-state index in [2.05, 4.69) is 4.90 Å². The van der Waals surface area contributed by atoms with Crippen LogP contribution in [0.15, 0.2) is 18.2 Å². The topological polar surface area (TPSA) is 29.3 Å². The average molecular weight is 245 g/mol. The van der Waals surface area contributed by atoms with Crippen molar-refractivity contribution in [2.75, 3.05) is 20.6 Å². The molecule has 1 atom stereocenters. The number of hydrogen-bond donors (Lipinski definition) is 1. The summed E-state index contributed by atoms with van der Waals surface area (Å²) in [6.45, 7) is 0.666. The van der Waals surface area contributed by atoms with Gasteiger partial charge >= 0.3 is 0 Å². The van der Waals surface area contributed by atoms with Gasteiger partial charge in [-0.25, -0.2) is 4.39 Å². The third-order valence-electron chi connectivity index (χ3n) is 2.63. The maximum atomic E-state index is 13.0. The Balaban J connectivity index is 2.88. The lowest BCUT2D eigenvalue weighted by Crippen LogP contribution is -2.21. The van der Waals surface area contributed by atoms with E-state index in [-0.39, 0.29) is 16.9 Å². The van der Waals surface area contributed by atoms with E-state index in [9.17, 15) is 4.39 Å². The molecule has 4 heteroatoms. The summed E-state index contributed by atoms with van der Waals surface area (Å²) in [5, 5.41) is 0.178. The number of nitrogens with zero attached hydrogens (tertiary/aromatic N) is 1. The zero-order chi connectivity index (χ0) is 12.1. The second-order valence-corrected chi connectivity index (χ2v) is 4.49. The van der Waals surface area contributed by atoms with Gasteiger partial charge in [0.05, 0.1) is 5.02 Å². The molecule has 2 N–H and O–H groups in total. The van der Waals surface area contributed by atoms with Crippen molar-refractivity contribution in [2.24, 2.45) is 5.73 Å². The zero-order valence-electron chi connectivity index (χ0n) is 9.71. The molecule has 16 heavy (non-hydrogen) atoms. The Labute approximate surface area is 101 Å². The van der Waals surface area contributed by atoms with Crippen LogP contribution in [-0.4, -0.2) is 25.5 Å². The second kappa shape index (κ2) is 6.18. The maximum Gasteiger partial charge on any atom is 0.141 e. The highest BCUT2D eigenvalue weighted by atomic mass is 35.5. The van der Waals surface area contributed by atoms with Crippen molar-refractivity contribution in [2.45, 2.75) is 18.9 Å². The highest BCUT2D eigenvalue weighted by Crippen LogP contribution is 2.26. The van der Waals surface area contributed by atoms with Crippen molar-refractivity contribution in [1.29, 1.82) is 0 Å². The first-order valence-corrected chi connectivity index (χ1v) is 5.75. The third kappa shape index (κ3) is 3.44. The van der Waals surface area contributed by atoms with E-state index in [1.165, 1.54) is 6.07 Å². The molecule has 0 fully saturated rings. The molecular weight excluding hydrogens is 227 g/mol. The summed E-state index contributed by atoms with van der Waals surface area (Å²) in [6, 6.07) is 5.12. The minimum absolute atomic E-state index is 0.178. The van der Waals surface area contributed by atoms with Gasteiger partial charge in [-0.3, -0.25) is 0 Å². The van der Waals surface area contributed by atoms with E-state index >= 15 is 0 Å². The largest absolute Gasteiger partial charge is 0.330 e. The first kappa shape index (κ1) is 13.4. The van der Waals surface area contributed by atoms with Gasteiger partial charge in [-0.15, -0.1) is 0 Å². The fourth-order valence-electron chi connectivity index (χ4n) is 1.75. The Morgan fingerprint density at radius 2 is 2.12 bits per heavy atom. The van der Waals surface area contributed by atoms with Crippen molar-refractivity contribution >= 4 is 11.6 Å². The average Bonchev–Trinajstić information content (AvgIpc) is 2.23. The van der Waals surface area contributed by atoms with E-state index in [1.807, 2.05) is 14.1 Å². The number of hydrogen-bond acceptors (Lipinski definition) is 2. The molecule has 0 aliphatic heterocycles. The Morgan fingerprint density at radius 3 is 2.62 bits per heavy atom. The Morgan fingerprint density at radius 1 is 1.44 bits per heavy atom. The Bertz CT molecular complexity index is 342. The Hall–Kier alpha value is -0.640. The molecule has 0 saturated heterocycles. The van der Waals surface area contributed by atoms with Crippen LogP contribution in [-0.2, 0) is 0 Å². The summed E-state index contributed by atoms with van der Waals surface area (Å²) in [4.78, 5) is 2.10. The van der Waals surface area contributed by atoms with Crippen LogP contribution in [0, 0.1) is 5.82 Å². The molecule has 0 radical (unpaired) electrons.